The summed E-state index contributed by atoms with van der Waals surface area (Å²) in [5, 5.41) is 13.0. The minimum absolute atomic E-state index is 0.0333. The maximum atomic E-state index is 12.9. The topological polar surface area (TPSA) is 63.1 Å². The third-order valence-electron chi connectivity index (χ3n) is 6.70. The Morgan fingerprint density at radius 1 is 1.00 bits per heavy atom. The second-order valence-electron chi connectivity index (χ2n) is 9.02. The van der Waals surface area contributed by atoms with Crippen LogP contribution in [0, 0.1) is 0 Å². The van der Waals surface area contributed by atoms with E-state index in [1.165, 1.54) is 36.6 Å². The molecule has 1 aromatic heterocycles. The molecular formula is C27H35N5OS. The van der Waals surface area contributed by atoms with Crippen LogP contribution in [0.5, 0.6) is 0 Å². The SMILES string of the molecule is CC[C@@H](C)c1ccccc1NC(=O)CSc1nnc([C@H](C)N2CCCCC2)n1-c1ccccc1. The maximum Gasteiger partial charge on any atom is 0.234 e. The fraction of sp³-hybridized carbons (Fsp3) is 0.444. The number of anilines is 1. The van der Waals surface area contributed by atoms with Crippen molar-refractivity contribution in [2.24, 2.45) is 0 Å². The van der Waals surface area contributed by atoms with Gasteiger partial charge in [-0.15, -0.1) is 10.2 Å². The van der Waals surface area contributed by atoms with Crippen molar-refractivity contribution in [3.8, 4) is 5.69 Å². The van der Waals surface area contributed by atoms with Crippen LogP contribution in [0.25, 0.3) is 5.69 Å². The smallest absolute Gasteiger partial charge is 0.234 e. The molecule has 6 nitrogen and oxygen atoms in total. The number of nitrogens with one attached hydrogen (secondary N) is 1. The molecule has 34 heavy (non-hydrogen) atoms. The van der Waals surface area contributed by atoms with Crippen molar-refractivity contribution in [1.29, 1.82) is 0 Å². The lowest BCUT2D eigenvalue weighted by Crippen LogP contribution is -2.33. The highest BCUT2D eigenvalue weighted by molar-refractivity contribution is 7.99. The van der Waals surface area contributed by atoms with Gasteiger partial charge in [0.15, 0.2) is 11.0 Å². The van der Waals surface area contributed by atoms with Gasteiger partial charge in [-0.1, -0.05) is 68.4 Å². The molecule has 2 heterocycles. The van der Waals surface area contributed by atoms with Crippen LogP contribution in [-0.4, -0.2) is 44.4 Å². The van der Waals surface area contributed by atoms with Crippen LogP contribution in [0.1, 0.15) is 69.8 Å². The van der Waals surface area contributed by atoms with Gasteiger partial charge in [0, 0.05) is 11.4 Å². The minimum atomic E-state index is -0.0333. The number of nitrogens with zero attached hydrogens (tertiary/aromatic N) is 4. The van der Waals surface area contributed by atoms with E-state index in [9.17, 15) is 4.79 Å². The first-order chi connectivity index (χ1) is 16.6. The first-order valence-corrected chi connectivity index (χ1v) is 13.3. The molecule has 0 saturated carbocycles. The molecule has 1 aliphatic heterocycles. The van der Waals surface area contributed by atoms with E-state index >= 15 is 0 Å². The van der Waals surface area contributed by atoms with Gasteiger partial charge < -0.3 is 5.32 Å². The summed E-state index contributed by atoms with van der Waals surface area (Å²) < 4.78 is 2.12. The highest BCUT2D eigenvalue weighted by Crippen LogP contribution is 2.30. The monoisotopic (exact) mass is 477 g/mol. The van der Waals surface area contributed by atoms with Crippen molar-refractivity contribution in [3.63, 3.8) is 0 Å². The van der Waals surface area contributed by atoms with Crippen LogP contribution in [0.4, 0.5) is 5.69 Å². The Morgan fingerprint density at radius 2 is 1.71 bits per heavy atom. The van der Waals surface area contributed by atoms with E-state index in [4.69, 9.17) is 0 Å². The molecule has 4 rings (SSSR count). The Bertz CT molecular complexity index is 1080. The van der Waals surface area contributed by atoms with Gasteiger partial charge in [0.1, 0.15) is 0 Å². The molecule has 0 aliphatic carbocycles. The van der Waals surface area contributed by atoms with Crippen LogP contribution < -0.4 is 5.32 Å². The third-order valence-corrected chi connectivity index (χ3v) is 7.62. The zero-order valence-corrected chi connectivity index (χ0v) is 21.2. The second-order valence-corrected chi connectivity index (χ2v) is 9.96. The van der Waals surface area contributed by atoms with Crippen molar-refractivity contribution < 1.29 is 4.79 Å². The summed E-state index contributed by atoms with van der Waals surface area (Å²) in [7, 11) is 0. The molecule has 2 aromatic carbocycles. The Balaban J connectivity index is 1.52. The zero-order chi connectivity index (χ0) is 23.9. The van der Waals surface area contributed by atoms with E-state index in [-0.39, 0.29) is 17.7 Å². The Morgan fingerprint density at radius 3 is 2.44 bits per heavy atom. The molecule has 7 heteroatoms. The number of likely N-dealkylation sites (tertiary alicyclic amines) is 1. The van der Waals surface area contributed by atoms with E-state index in [0.29, 0.717) is 5.92 Å². The number of benzene rings is 2. The summed E-state index contributed by atoms with van der Waals surface area (Å²) in [6.07, 6.45) is 4.78. The summed E-state index contributed by atoms with van der Waals surface area (Å²) in [4.78, 5) is 15.4. The third kappa shape index (κ3) is 5.70. The summed E-state index contributed by atoms with van der Waals surface area (Å²) >= 11 is 1.43. The van der Waals surface area contributed by atoms with Crippen molar-refractivity contribution in [3.05, 3.63) is 66.0 Å². The Hall–Kier alpha value is -2.64. The average Bonchev–Trinajstić information content (AvgIpc) is 3.32. The maximum absolute atomic E-state index is 12.9. The molecule has 0 unspecified atom stereocenters. The van der Waals surface area contributed by atoms with Gasteiger partial charge >= 0.3 is 0 Å². The molecule has 2 atom stereocenters. The highest BCUT2D eigenvalue weighted by Gasteiger charge is 2.25. The van der Waals surface area contributed by atoms with Crippen LogP contribution in [0.3, 0.4) is 0 Å². The number of aromatic nitrogens is 3. The van der Waals surface area contributed by atoms with Gasteiger partial charge in [-0.25, -0.2) is 0 Å². The van der Waals surface area contributed by atoms with Gasteiger partial charge in [0.25, 0.3) is 0 Å². The van der Waals surface area contributed by atoms with E-state index in [1.807, 2.05) is 36.4 Å². The number of piperidine rings is 1. The molecule has 0 bridgehead atoms. The van der Waals surface area contributed by atoms with Gasteiger partial charge in [0.05, 0.1) is 11.8 Å². The number of hydrogen-bond donors (Lipinski definition) is 1. The lowest BCUT2D eigenvalue weighted by atomic mass is 9.97. The van der Waals surface area contributed by atoms with Crippen LogP contribution in [0.15, 0.2) is 59.8 Å². The number of carbonyl (C=O) groups is 1. The summed E-state index contributed by atoms with van der Waals surface area (Å²) in [6, 6.07) is 18.4. The summed E-state index contributed by atoms with van der Waals surface area (Å²) in [5.41, 5.74) is 3.09. The van der Waals surface area contributed by atoms with Gasteiger partial charge in [0.2, 0.25) is 5.91 Å². The summed E-state index contributed by atoms with van der Waals surface area (Å²) in [6.45, 7) is 8.74. The zero-order valence-electron chi connectivity index (χ0n) is 20.4. The number of carbonyl (C=O) groups excluding carboxylic acids is 1. The molecule has 0 radical (unpaired) electrons. The van der Waals surface area contributed by atoms with Gasteiger partial charge in [-0.3, -0.25) is 14.3 Å². The molecule has 1 N–H and O–H groups in total. The van der Waals surface area contributed by atoms with Crippen LogP contribution in [0.2, 0.25) is 0 Å². The van der Waals surface area contributed by atoms with E-state index in [2.05, 4.69) is 64.0 Å². The molecule has 1 saturated heterocycles. The fourth-order valence-electron chi connectivity index (χ4n) is 4.51. The molecule has 3 aromatic rings. The number of rotatable bonds is 9. The van der Waals surface area contributed by atoms with E-state index in [0.717, 1.165) is 41.9 Å². The molecule has 1 amide bonds. The average molecular weight is 478 g/mol. The first-order valence-electron chi connectivity index (χ1n) is 12.3. The van der Waals surface area contributed by atoms with Crippen LogP contribution >= 0.6 is 11.8 Å². The predicted molar refractivity (Wildman–Crippen MR) is 140 cm³/mol. The minimum Gasteiger partial charge on any atom is -0.325 e. The Labute approximate surface area is 207 Å². The first kappa shape index (κ1) is 24.5. The lowest BCUT2D eigenvalue weighted by molar-refractivity contribution is -0.113. The summed E-state index contributed by atoms with van der Waals surface area (Å²) in [5.74, 6) is 1.56. The quantitative estimate of drug-likeness (QED) is 0.380. The molecule has 1 fully saturated rings. The molecule has 180 valence electrons. The second kappa shape index (κ2) is 11.7. The number of para-hydroxylation sites is 2. The largest absolute Gasteiger partial charge is 0.325 e. The number of amides is 1. The van der Waals surface area contributed by atoms with Crippen LogP contribution in [-0.2, 0) is 4.79 Å². The standard InChI is InChI=1S/C27H35N5OS/c1-4-20(2)23-15-9-10-16-24(23)28-25(33)19-34-27-30-29-26(21(3)31-17-11-6-12-18-31)32(27)22-13-7-5-8-14-22/h5,7-10,13-16,20-21H,4,6,11-12,17-19H2,1-3H3,(H,28,33)/t20-,21+/m1/s1. The molecule has 1 aliphatic rings. The predicted octanol–water partition coefficient (Wildman–Crippen LogP) is 6.06. The van der Waals surface area contributed by atoms with E-state index < -0.39 is 0 Å². The van der Waals surface area contributed by atoms with Crippen molar-refractivity contribution >= 4 is 23.4 Å². The normalized spacial score (nSPS) is 16.2. The van der Waals surface area contributed by atoms with Crippen molar-refractivity contribution in [2.75, 3.05) is 24.2 Å². The van der Waals surface area contributed by atoms with Gasteiger partial charge in [-0.2, -0.15) is 0 Å². The number of hydrogen-bond acceptors (Lipinski definition) is 5. The molecular weight excluding hydrogens is 442 g/mol. The van der Waals surface area contributed by atoms with Crippen molar-refractivity contribution in [2.45, 2.75) is 63.6 Å². The van der Waals surface area contributed by atoms with Crippen molar-refractivity contribution in [1.82, 2.24) is 19.7 Å². The Kier molecular flexibility index (Phi) is 8.40. The van der Waals surface area contributed by atoms with E-state index in [1.54, 1.807) is 0 Å². The van der Waals surface area contributed by atoms with Gasteiger partial charge in [-0.05, 0) is 69.0 Å². The highest BCUT2D eigenvalue weighted by atomic mass is 32.2. The molecule has 0 spiro atoms. The fourth-order valence-corrected chi connectivity index (χ4v) is 5.27. The number of thioether (sulfide) groups is 1. The lowest BCUT2D eigenvalue weighted by Gasteiger charge is -2.31.